The molecule has 0 radical (unpaired) electrons. The molecule has 4 unspecified atom stereocenters. The van der Waals surface area contributed by atoms with Crippen LogP contribution in [-0.2, 0) is 20.3 Å². The van der Waals surface area contributed by atoms with Crippen molar-refractivity contribution in [2.24, 2.45) is 0 Å². The minimum absolute atomic E-state index is 0.0192. The van der Waals surface area contributed by atoms with E-state index in [9.17, 15) is 0 Å². The van der Waals surface area contributed by atoms with Gasteiger partial charge in [-0.05, 0) is 116 Å². The largest absolute Gasteiger partial charge is 0.462 e. The van der Waals surface area contributed by atoms with Crippen LogP contribution in [0.1, 0.15) is 66.5 Å². The molecule has 7 aromatic carbocycles. The molecule has 0 saturated carbocycles. The first-order valence-corrected chi connectivity index (χ1v) is 22.6. The van der Waals surface area contributed by atoms with E-state index in [2.05, 4.69) is 198 Å². The zero-order chi connectivity index (χ0) is 43.4. The molecule has 312 valence electrons. The Morgan fingerprint density at radius 1 is 0.444 bits per heavy atom. The number of rotatable bonds is 8. The van der Waals surface area contributed by atoms with E-state index in [4.69, 9.17) is 18.9 Å². The highest BCUT2D eigenvalue weighted by molar-refractivity contribution is 7.02. The van der Waals surface area contributed by atoms with Crippen LogP contribution in [0.2, 0.25) is 0 Å². The molecular formula is C56H53B2NO4. The van der Waals surface area contributed by atoms with Crippen molar-refractivity contribution in [2.45, 2.75) is 91.0 Å². The molecule has 4 aliphatic heterocycles. The fourth-order valence-electron chi connectivity index (χ4n) is 9.72. The average molecular weight is 826 g/mol. The molecule has 0 spiro atoms. The van der Waals surface area contributed by atoms with Gasteiger partial charge in [-0.2, -0.15) is 0 Å². The topological polar surface area (TPSA) is 46.8 Å². The molecule has 7 heteroatoms. The van der Waals surface area contributed by atoms with Crippen LogP contribution >= 0.6 is 0 Å². The third kappa shape index (κ3) is 7.25. The third-order valence-corrected chi connectivity index (χ3v) is 13.5. The number of fused-ring (bicyclic) bond motifs is 4. The van der Waals surface area contributed by atoms with E-state index >= 15 is 0 Å². The van der Waals surface area contributed by atoms with Gasteiger partial charge in [0.1, 0.15) is 23.7 Å². The van der Waals surface area contributed by atoms with Crippen LogP contribution in [0.15, 0.2) is 152 Å². The van der Waals surface area contributed by atoms with Crippen LogP contribution in [0.5, 0.6) is 11.5 Å². The van der Waals surface area contributed by atoms with Gasteiger partial charge in [0, 0.05) is 17.1 Å². The second kappa shape index (κ2) is 14.8. The quantitative estimate of drug-likeness (QED) is 0.113. The normalized spacial score (nSPS) is 19.5. The zero-order valence-electron chi connectivity index (χ0n) is 37.5. The van der Waals surface area contributed by atoms with E-state index in [1.54, 1.807) is 0 Å². The third-order valence-electron chi connectivity index (χ3n) is 13.5. The van der Waals surface area contributed by atoms with Gasteiger partial charge in [-0.3, -0.25) is 0 Å². The summed E-state index contributed by atoms with van der Waals surface area (Å²) in [5.41, 5.74) is 18.8. The summed E-state index contributed by atoms with van der Waals surface area (Å²) in [6.45, 7) is 17.8. The molecule has 0 bridgehead atoms. The SMILES string of the molecule is CC1OC1Oc1ccc(-c2ccc3c(c2)B(c2ccc(C(C)(C)C)cc2)c2cc(-c4ccc(OC5OC5C)cc4)cc4c2N3c2ccccc2B4c2ccc(C(C)(C)C)cc2)cc1. The van der Waals surface area contributed by atoms with E-state index in [1.165, 1.54) is 72.1 Å². The van der Waals surface area contributed by atoms with Crippen LogP contribution in [0.4, 0.5) is 17.1 Å². The Kier molecular flexibility index (Phi) is 9.35. The number of hydrogen-bond donors (Lipinski definition) is 0. The van der Waals surface area contributed by atoms with Gasteiger partial charge in [0.25, 0.3) is 0 Å². The first-order chi connectivity index (χ1) is 30.3. The van der Waals surface area contributed by atoms with Crippen molar-refractivity contribution in [3.8, 4) is 33.8 Å². The van der Waals surface area contributed by atoms with E-state index in [-0.39, 0.29) is 49.0 Å². The van der Waals surface area contributed by atoms with Gasteiger partial charge < -0.3 is 23.8 Å². The highest BCUT2D eigenvalue weighted by Gasteiger charge is 2.44. The second-order valence-electron chi connectivity index (χ2n) is 20.0. The fourth-order valence-corrected chi connectivity index (χ4v) is 9.72. The van der Waals surface area contributed by atoms with Crippen molar-refractivity contribution in [3.63, 3.8) is 0 Å². The van der Waals surface area contributed by atoms with Crippen molar-refractivity contribution >= 4 is 63.3 Å². The highest BCUT2D eigenvalue weighted by atomic mass is 16.8. The summed E-state index contributed by atoms with van der Waals surface area (Å²) < 4.78 is 23.3. The number of hydrogen-bond acceptors (Lipinski definition) is 5. The predicted molar refractivity (Wildman–Crippen MR) is 262 cm³/mol. The number of nitrogens with zero attached hydrogens (tertiary/aromatic N) is 1. The van der Waals surface area contributed by atoms with E-state index in [1.807, 2.05) is 13.8 Å². The lowest BCUT2D eigenvalue weighted by Gasteiger charge is -2.44. The van der Waals surface area contributed by atoms with Gasteiger partial charge in [-0.25, -0.2) is 0 Å². The minimum Gasteiger partial charge on any atom is -0.462 e. The summed E-state index contributed by atoms with van der Waals surface area (Å²) in [5, 5.41) is 0. The van der Waals surface area contributed by atoms with E-state index in [0.29, 0.717) is 0 Å². The molecule has 63 heavy (non-hydrogen) atoms. The molecule has 0 aliphatic carbocycles. The Morgan fingerprint density at radius 2 is 0.857 bits per heavy atom. The summed E-state index contributed by atoms with van der Waals surface area (Å²) in [5.74, 6) is 1.64. The van der Waals surface area contributed by atoms with Crippen molar-refractivity contribution in [1.29, 1.82) is 0 Å². The smallest absolute Gasteiger partial charge is 0.246 e. The molecule has 7 aromatic rings. The number of epoxide rings is 2. The van der Waals surface area contributed by atoms with Crippen molar-refractivity contribution < 1.29 is 18.9 Å². The van der Waals surface area contributed by atoms with Crippen LogP contribution in [0, 0.1) is 0 Å². The lowest BCUT2D eigenvalue weighted by molar-refractivity contribution is 0.178. The Balaban J connectivity index is 1.13. The Bertz CT molecular complexity index is 2860. The molecule has 11 rings (SSSR count). The maximum Gasteiger partial charge on any atom is 0.246 e. The molecule has 4 heterocycles. The summed E-state index contributed by atoms with van der Waals surface area (Å²) in [4.78, 5) is 2.56. The molecule has 4 atom stereocenters. The number of benzene rings is 7. The molecule has 0 amide bonds. The first-order valence-electron chi connectivity index (χ1n) is 22.6. The van der Waals surface area contributed by atoms with Crippen LogP contribution in [-0.4, -0.2) is 38.2 Å². The van der Waals surface area contributed by atoms with Crippen LogP contribution in [0.3, 0.4) is 0 Å². The minimum atomic E-state index is -0.177. The number of ether oxygens (including phenoxy) is 4. The average Bonchev–Trinajstić information content (AvgIpc) is 4.19. The molecule has 0 N–H and O–H groups in total. The lowest BCUT2D eigenvalue weighted by Crippen LogP contribution is -2.65. The van der Waals surface area contributed by atoms with Crippen molar-refractivity contribution in [2.75, 3.05) is 4.90 Å². The van der Waals surface area contributed by atoms with Crippen LogP contribution in [0.25, 0.3) is 22.3 Å². The number of para-hydroxylation sites is 1. The van der Waals surface area contributed by atoms with Crippen LogP contribution < -0.4 is 47.2 Å². The standard InChI is InChI=1S/C56H53B2NO4/c1-34-53(60-34)62-44-26-13-36(14-27-44)38-17-30-51-47(31-38)58(43-24-20-41(21-25-43)56(6,7)8)49-33-39(37-15-28-45(29-16-37)63-54-35(2)61-54)32-48-52(49)59(51)50-12-10-9-11-46(50)57(48)42-22-18-40(19-23-42)55(3,4)5/h9-35,53-54H,1-8H3. The lowest BCUT2D eigenvalue weighted by atomic mass is 9.30. The fraction of sp³-hybridized carbons (Fsp3) is 0.250. The van der Waals surface area contributed by atoms with Gasteiger partial charge in [-0.15, -0.1) is 0 Å². The van der Waals surface area contributed by atoms with E-state index < -0.39 is 0 Å². The number of anilines is 3. The monoisotopic (exact) mass is 825 g/mol. The molecular weight excluding hydrogens is 772 g/mol. The van der Waals surface area contributed by atoms with Gasteiger partial charge >= 0.3 is 0 Å². The molecule has 4 aliphatic rings. The zero-order valence-corrected chi connectivity index (χ0v) is 37.5. The van der Waals surface area contributed by atoms with Crippen molar-refractivity contribution in [1.82, 2.24) is 0 Å². The molecule has 2 fully saturated rings. The van der Waals surface area contributed by atoms with Gasteiger partial charge in [-0.1, -0.05) is 168 Å². The molecule has 0 aromatic heterocycles. The van der Waals surface area contributed by atoms with Gasteiger partial charge in [0.2, 0.25) is 26.0 Å². The maximum atomic E-state index is 6.12. The summed E-state index contributed by atoms with van der Waals surface area (Å²) in [6, 6.07) is 56.9. The molecule has 2 saturated heterocycles. The van der Waals surface area contributed by atoms with E-state index in [0.717, 1.165) is 22.6 Å². The van der Waals surface area contributed by atoms with Crippen molar-refractivity contribution in [3.05, 3.63) is 163 Å². The Morgan fingerprint density at radius 3 is 1.33 bits per heavy atom. The van der Waals surface area contributed by atoms with Gasteiger partial charge in [0.15, 0.2) is 0 Å². The Hall–Kier alpha value is -6.01. The molecule has 5 nitrogen and oxygen atoms in total. The first kappa shape index (κ1) is 39.8. The highest BCUT2D eigenvalue weighted by Crippen LogP contribution is 2.40. The maximum absolute atomic E-state index is 6.12. The predicted octanol–water partition coefficient (Wildman–Crippen LogP) is 8.99. The second-order valence-corrected chi connectivity index (χ2v) is 20.0. The summed E-state index contributed by atoms with van der Waals surface area (Å²) in [7, 11) is 0. The Labute approximate surface area is 373 Å². The van der Waals surface area contributed by atoms with Gasteiger partial charge in [0.05, 0.1) is 0 Å². The summed E-state index contributed by atoms with van der Waals surface area (Å²) in [6.07, 6.45) is -0.0887. The summed E-state index contributed by atoms with van der Waals surface area (Å²) >= 11 is 0.